The molecule has 1 saturated heterocycles. The Morgan fingerprint density at radius 1 is 1.50 bits per heavy atom. The van der Waals surface area contributed by atoms with Crippen LogP contribution >= 0.6 is 11.5 Å². The number of carbonyl (C=O) groups excluding carboxylic acids is 1. The van der Waals surface area contributed by atoms with Gasteiger partial charge >= 0.3 is 5.97 Å². The van der Waals surface area contributed by atoms with Gasteiger partial charge < -0.3 is 15.4 Å². The lowest BCUT2D eigenvalue weighted by atomic mass is 9.89. The number of nitrogens with zero attached hydrogens (tertiary/aromatic N) is 2. The summed E-state index contributed by atoms with van der Waals surface area (Å²) >= 11 is 1.28. The van der Waals surface area contributed by atoms with Gasteiger partial charge in [-0.2, -0.15) is 4.37 Å². The topological polar surface area (TPSA) is 68.5 Å². The zero-order chi connectivity index (χ0) is 13.3. The Morgan fingerprint density at radius 2 is 2.22 bits per heavy atom. The van der Waals surface area contributed by atoms with Crippen molar-refractivity contribution in [2.24, 2.45) is 11.8 Å². The van der Waals surface area contributed by atoms with Crippen LogP contribution in [0.3, 0.4) is 0 Å². The fourth-order valence-electron chi connectivity index (χ4n) is 2.25. The van der Waals surface area contributed by atoms with Crippen LogP contribution in [0.2, 0.25) is 0 Å². The first-order chi connectivity index (χ1) is 8.54. The van der Waals surface area contributed by atoms with Crippen LogP contribution < -0.4 is 10.6 Å². The summed E-state index contributed by atoms with van der Waals surface area (Å²) in [6.07, 6.45) is 1.12. The lowest BCUT2D eigenvalue weighted by Crippen LogP contribution is -2.38. The molecule has 6 heteroatoms. The highest BCUT2D eigenvalue weighted by atomic mass is 32.1. The van der Waals surface area contributed by atoms with Gasteiger partial charge in [-0.05, 0) is 29.8 Å². The molecule has 2 atom stereocenters. The smallest absolute Gasteiger partial charge is 0.344 e. The third-order valence-corrected chi connectivity index (χ3v) is 4.63. The summed E-state index contributed by atoms with van der Waals surface area (Å²) in [4.78, 5) is 13.9. The Hall–Kier alpha value is -1.30. The van der Waals surface area contributed by atoms with Crippen LogP contribution in [0.1, 0.15) is 30.6 Å². The molecule has 2 heterocycles. The lowest BCUT2D eigenvalue weighted by molar-refractivity contribution is 0.0603. The molecule has 1 fully saturated rings. The van der Waals surface area contributed by atoms with Gasteiger partial charge in [-0.25, -0.2) is 4.79 Å². The van der Waals surface area contributed by atoms with Crippen molar-refractivity contribution in [3.63, 3.8) is 0 Å². The molecular weight excluding hydrogens is 250 g/mol. The van der Waals surface area contributed by atoms with Crippen molar-refractivity contribution in [1.29, 1.82) is 0 Å². The second-order valence-corrected chi connectivity index (χ2v) is 5.68. The molecule has 1 aliphatic rings. The van der Waals surface area contributed by atoms with Crippen molar-refractivity contribution in [3.8, 4) is 0 Å². The van der Waals surface area contributed by atoms with Crippen molar-refractivity contribution >= 4 is 28.3 Å². The molecule has 0 spiro atoms. The SMILES string of the molecule is COC(=O)c1c(N)nsc1N1CCC(C)C(C)C1. The molecule has 2 rings (SSSR count). The van der Waals surface area contributed by atoms with E-state index in [4.69, 9.17) is 10.5 Å². The van der Waals surface area contributed by atoms with E-state index in [0.717, 1.165) is 24.5 Å². The quantitative estimate of drug-likeness (QED) is 0.832. The molecule has 0 aliphatic carbocycles. The molecule has 0 bridgehead atoms. The summed E-state index contributed by atoms with van der Waals surface area (Å²) in [5.41, 5.74) is 6.18. The fraction of sp³-hybridized carbons (Fsp3) is 0.667. The summed E-state index contributed by atoms with van der Waals surface area (Å²) in [5.74, 6) is 1.19. The number of hydrogen-bond acceptors (Lipinski definition) is 6. The van der Waals surface area contributed by atoms with Crippen LogP contribution in [0.25, 0.3) is 0 Å². The van der Waals surface area contributed by atoms with Crippen molar-refractivity contribution in [1.82, 2.24) is 4.37 Å². The maximum Gasteiger partial charge on any atom is 0.344 e. The average Bonchev–Trinajstić information content (AvgIpc) is 2.74. The van der Waals surface area contributed by atoms with Crippen molar-refractivity contribution in [2.75, 3.05) is 30.8 Å². The normalized spacial score (nSPS) is 24.1. The number of nitrogen functional groups attached to an aromatic ring is 1. The number of hydrogen-bond donors (Lipinski definition) is 1. The van der Waals surface area contributed by atoms with E-state index in [-0.39, 0.29) is 5.82 Å². The van der Waals surface area contributed by atoms with Gasteiger partial charge in [0.2, 0.25) is 0 Å². The molecule has 0 aromatic carbocycles. The van der Waals surface area contributed by atoms with E-state index in [1.54, 1.807) is 0 Å². The van der Waals surface area contributed by atoms with Gasteiger partial charge in [0.15, 0.2) is 5.82 Å². The molecule has 18 heavy (non-hydrogen) atoms. The van der Waals surface area contributed by atoms with E-state index in [1.165, 1.54) is 18.6 Å². The first kappa shape index (κ1) is 13.1. The number of piperidine rings is 1. The number of methoxy groups -OCH3 is 1. The van der Waals surface area contributed by atoms with E-state index in [0.29, 0.717) is 17.4 Å². The van der Waals surface area contributed by atoms with E-state index in [1.807, 2.05) is 0 Å². The summed E-state index contributed by atoms with van der Waals surface area (Å²) in [7, 11) is 1.37. The monoisotopic (exact) mass is 269 g/mol. The number of carbonyl (C=O) groups is 1. The number of aromatic nitrogens is 1. The molecule has 0 amide bonds. The van der Waals surface area contributed by atoms with Gasteiger partial charge in [0.1, 0.15) is 10.6 Å². The van der Waals surface area contributed by atoms with Crippen molar-refractivity contribution in [3.05, 3.63) is 5.56 Å². The molecule has 0 saturated carbocycles. The summed E-state index contributed by atoms with van der Waals surface area (Å²) in [5, 5.41) is 0.845. The Morgan fingerprint density at radius 3 is 2.83 bits per heavy atom. The maximum atomic E-state index is 11.7. The zero-order valence-electron chi connectivity index (χ0n) is 11.0. The maximum absolute atomic E-state index is 11.7. The predicted octanol–water partition coefficient (Wildman–Crippen LogP) is 1.99. The van der Waals surface area contributed by atoms with Gasteiger partial charge in [0.05, 0.1) is 7.11 Å². The Bertz CT molecular complexity index is 447. The highest BCUT2D eigenvalue weighted by molar-refractivity contribution is 7.11. The molecule has 1 aromatic rings. The third kappa shape index (κ3) is 2.29. The number of ether oxygens (including phenoxy) is 1. The molecule has 2 unspecified atom stereocenters. The van der Waals surface area contributed by atoms with Crippen molar-refractivity contribution in [2.45, 2.75) is 20.3 Å². The van der Waals surface area contributed by atoms with E-state index >= 15 is 0 Å². The fourth-order valence-corrected chi connectivity index (χ4v) is 3.09. The van der Waals surface area contributed by atoms with Crippen molar-refractivity contribution < 1.29 is 9.53 Å². The first-order valence-corrected chi connectivity index (χ1v) is 6.90. The third-order valence-electron chi connectivity index (χ3n) is 3.71. The van der Waals surface area contributed by atoms with Gasteiger partial charge in [-0.1, -0.05) is 13.8 Å². The standard InChI is InChI=1S/C12H19N3O2S/c1-7-4-5-15(6-8(7)2)11-9(12(16)17-3)10(13)14-18-11/h7-8H,4-6H2,1-3H3,(H2,13,14). The highest BCUT2D eigenvalue weighted by Crippen LogP contribution is 2.35. The molecule has 100 valence electrons. The minimum Gasteiger partial charge on any atom is -0.465 e. The molecule has 1 aromatic heterocycles. The van der Waals surface area contributed by atoms with E-state index < -0.39 is 5.97 Å². The highest BCUT2D eigenvalue weighted by Gasteiger charge is 2.29. The van der Waals surface area contributed by atoms with Crippen LogP contribution in [0.5, 0.6) is 0 Å². The minimum atomic E-state index is -0.400. The summed E-state index contributed by atoms with van der Waals surface area (Å²) < 4.78 is 8.86. The Balaban J connectivity index is 2.26. The van der Waals surface area contributed by atoms with E-state index in [9.17, 15) is 4.79 Å². The average molecular weight is 269 g/mol. The predicted molar refractivity (Wildman–Crippen MR) is 73.0 cm³/mol. The molecule has 1 aliphatic heterocycles. The van der Waals surface area contributed by atoms with Gasteiger partial charge in [-0.3, -0.25) is 0 Å². The first-order valence-electron chi connectivity index (χ1n) is 6.13. The molecule has 0 radical (unpaired) electrons. The molecule has 2 N–H and O–H groups in total. The summed E-state index contributed by atoms with van der Waals surface area (Å²) in [6, 6.07) is 0. The summed E-state index contributed by atoms with van der Waals surface area (Å²) in [6.45, 7) is 6.38. The Labute approximate surface area is 111 Å². The minimum absolute atomic E-state index is 0.271. The van der Waals surface area contributed by atoms with Crippen LogP contribution in [0.15, 0.2) is 0 Å². The number of anilines is 2. The second-order valence-electron chi connectivity index (χ2n) is 4.93. The van der Waals surface area contributed by atoms with Crippen LogP contribution in [-0.4, -0.2) is 30.5 Å². The second kappa shape index (κ2) is 5.14. The number of esters is 1. The Kier molecular flexibility index (Phi) is 3.75. The van der Waals surface area contributed by atoms with Crippen LogP contribution in [0, 0.1) is 11.8 Å². The molecular formula is C12H19N3O2S. The lowest BCUT2D eigenvalue weighted by Gasteiger charge is -2.36. The van der Waals surface area contributed by atoms with E-state index in [2.05, 4.69) is 23.1 Å². The zero-order valence-corrected chi connectivity index (χ0v) is 11.8. The number of rotatable bonds is 2. The van der Waals surface area contributed by atoms with Gasteiger partial charge in [0.25, 0.3) is 0 Å². The van der Waals surface area contributed by atoms with Gasteiger partial charge in [-0.15, -0.1) is 0 Å². The largest absolute Gasteiger partial charge is 0.465 e. The number of nitrogens with two attached hydrogens (primary N) is 1. The van der Waals surface area contributed by atoms with Gasteiger partial charge in [0, 0.05) is 13.1 Å². The molecule has 5 nitrogen and oxygen atoms in total. The van der Waals surface area contributed by atoms with Crippen LogP contribution in [0.4, 0.5) is 10.8 Å². The van der Waals surface area contributed by atoms with Crippen LogP contribution in [-0.2, 0) is 4.74 Å².